The molecule has 1 N–H and O–H groups in total. The van der Waals surface area contributed by atoms with E-state index in [0.717, 1.165) is 19.5 Å². The van der Waals surface area contributed by atoms with E-state index in [0.29, 0.717) is 5.41 Å². The van der Waals surface area contributed by atoms with Crippen LogP contribution in [0.2, 0.25) is 0 Å². The lowest BCUT2D eigenvalue weighted by atomic mass is 9.71. The molecule has 0 bridgehead atoms. The summed E-state index contributed by atoms with van der Waals surface area (Å²) in [5.41, 5.74) is 5.90. The van der Waals surface area contributed by atoms with Crippen LogP contribution in [0.5, 0.6) is 0 Å². The van der Waals surface area contributed by atoms with E-state index in [-0.39, 0.29) is 0 Å². The van der Waals surface area contributed by atoms with Gasteiger partial charge >= 0.3 is 0 Å². The Kier molecular flexibility index (Phi) is 3.16. The van der Waals surface area contributed by atoms with Crippen LogP contribution in [-0.4, -0.2) is 13.1 Å². The van der Waals surface area contributed by atoms with Crippen LogP contribution in [0.4, 0.5) is 0 Å². The van der Waals surface area contributed by atoms with Crippen molar-refractivity contribution in [2.75, 3.05) is 13.1 Å². The van der Waals surface area contributed by atoms with Crippen molar-refractivity contribution in [3.05, 3.63) is 70.8 Å². The third kappa shape index (κ3) is 2.43. The number of rotatable bonds is 3. The highest BCUT2D eigenvalue weighted by molar-refractivity contribution is 5.36. The van der Waals surface area contributed by atoms with Crippen molar-refractivity contribution in [2.45, 2.75) is 25.7 Å². The standard InChI is InChI=1S/C18H21N/c1-14-6-8-17(9-7-14)18(12-19-13-18)11-16-5-3-4-15(2)10-16/h3-10,19H,11-13H2,1-2H3. The summed E-state index contributed by atoms with van der Waals surface area (Å²) in [6, 6.07) is 17.9. The molecule has 2 aromatic rings. The topological polar surface area (TPSA) is 12.0 Å². The Bertz CT molecular complexity index is 564. The first-order valence-electron chi connectivity index (χ1n) is 7.01. The van der Waals surface area contributed by atoms with Crippen LogP contribution in [0.15, 0.2) is 48.5 Å². The van der Waals surface area contributed by atoms with Gasteiger partial charge in [-0.05, 0) is 31.4 Å². The van der Waals surface area contributed by atoms with Gasteiger partial charge in [-0.1, -0.05) is 59.7 Å². The molecule has 0 unspecified atom stereocenters. The van der Waals surface area contributed by atoms with Crippen molar-refractivity contribution in [1.29, 1.82) is 0 Å². The molecule has 19 heavy (non-hydrogen) atoms. The number of hydrogen-bond acceptors (Lipinski definition) is 1. The van der Waals surface area contributed by atoms with Crippen molar-refractivity contribution in [3.8, 4) is 0 Å². The average Bonchev–Trinajstić information content (AvgIpc) is 2.35. The highest BCUT2D eigenvalue weighted by atomic mass is 15.0. The zero-order chi connectivity index (χ0) is 13.3. The number of benzene rings is 2. The van der Waals surface area contributed by atoms with Gasteiger partial charge in [0.1, 0.15) is 0 Å². The van der Waals surface area contributed by atoms with E-state index in [2.05, 4.69) is 67.7 Å². The van der Waals surface area contributed by atoms with Crippen molar-refractivity contribution in [2.24, 2.45) is 0 Å². The van der Waals surface area contributed by atoms with Gasteiger partial charge < -0.3 is 5.32 Å². The average molecular weight is 251 g/mol. The van der Waals surface area contributed by atoms with Gasteiger partial charge in [0.05, 0.1) is 0 Å². The number of hydrogen-bond donors (Lipinski definition) is 1. The molecule has 1 heteroatoms. The fourth-order valence-corrected chi connectivity index (χ4v) is 2.98. The van der Waals surface area contributed by atoms with E-state index in [1.165, 1.54) is 22.3 Å². The lowest BCUT2D eigenvalue weighted by molar-refractivity contribution is 0.274. The molecule has 3 rings (SSSR count). The summed E-state index contributed by atoms with van der Waals surface area (Å²) in [5, 5.41) is 3.45. The molecule has 0 saturated carbocycles. The van der Waals surface area contributed by atoms with Gasteiger partial charge in [-0.15, -0.1) is 0 Å². The van der Waals surface area contributed by atoms with E-state index in [9.17, 15) is 0 Å². The molecule has 1 aliphatic heterocycles. The zero-order valence-corrected chi connectivity index (χ0v) is 11.7. The minimum Gasteiger partial charge on any atom is -0.315 e. The molecule has 1 aliphatic rings. The summed E-state index contributed by atoms with van der Waals surface area (Å²) < 4.78 is 0. The first-order valence-corrected chi connectivity index (χ1v) is 7.01. The largest absolute Gasteiger partial charge is 0.315 e. The van der Waals surface area contributed by atoms with Gasteiger partial charge in [-0.3, -0.25) is 0 Å². The van der Waals surface area contributed by atoms with E-state index in [1.807, 2.05) is 0 Å². The van der Waals surface area contributed by atoms with Crippen molar-refractivity contribution < 1.29 is 0 Å². The lowest BCUT2D eigenvalue weighted by Crippen LogP contribution is -2.58. The second-order valence-corrected chi connectivity index (χ2v) is 5.92. The minimum absolute atomic E-state index is 0.293. The molecular weight excluding hydrogens is 230 g/mol. The normalized spacial score (nSPS) is 16.9. The summed E-state index contributed by atoms with van der Waals surface area (Å²) in [4.78, 5) is 0. The molecule has 0 amide bonds. The Hall–Kier alpha value is -1.60. The Balaban J connectivity index is 1.89. The quantitative estimate of drug-likeness (QED) is 0.881. The van der Waals surface area contributed by atoms with Crippen LogP contribution >= 0.6 is 0 Å². The van der Waals surface area contributed by atoms with Crippen LogP contribution < -0.4 is 5.32 Å². The maximum Gasteiger partial charge on any atom is 0.0242 e. The van der Waals surface area contributed by atoms with Crippen LogP contribution in [0, 0.1) is 13.8 Å². The maximum atomic E-state index is 3.45. The van der Waals surface area contributed by atoms with Gasteiger partial charge in [-0.2, -0.15) is 0 Å². The molecule has 0 aromatic heterocycles. The van der Waals surface area contributed by atoms with Crippen molar-refractivity contribution >= 4 is 0 Å². The van der Waals surface area contributed by atoms with Gasteiger partial charge in [-0.25, -0.2) is 0 Å². The van der Waals surface area contributed by atoms with E-state index >= 15 is 0 Å². The molecule has 0 atom stereocenters. The SMILES string of the molecule is Cc1ccc(C2(Cc3cccc(C)c3)CNC2)cc1. The number of nitrogens with one attached hydrogen (secondary N) is 1. The summed E-state index contributed by atoms with van der Waals surface area (Å²) in [6.45, 7) is 6.49. The lowest BCUT2D eigenvalue weighted by Gasteiger charge is -2.43. The Morgan fingerprint density at radius 3 is 2.26 bits per heavy atom. The Morgan fingerprint density at radius 2 is 1.68 bits per heavy atom. The van der Waals surface area contributed by atoms with E-state index in [1.54, 1.807) is 0 Å². The Morgan fingerprint density at radius 1 is 0.947 bits per heavy atom. The molecule has 1 nitrogen and oxygen atoms in total. The highest BCUT2D eigenvalue weighted by Crippen LogP contribution is 2.32. The first kappa shape index (κ1) is 12.4. The third-order valence-electron chi connectivity index (χ3n) is 4.22. The molecule has 1 fully saturated rings. The maximum absolute atomic E-state index is 3.45. The highest BCUT2D eigenvalue weighted by Gasteiger charge is 2.38. The molecule has 1 heterocycles. The number of aryl methyl sites for hydroxylation is 2. The summed E-state index contributed by atoms with van der Waals surface area (Å²) in [5.74, 6) is 0. The predicted octanol–water partition coefficient (Wildman–Crippen LogP) is 3.39. The van der Waals surface area contributed by atoms with Crippen LogP contribution in [0.25, 0.3) is 0 Å². The first-order chi connectivity index (χ1) is 9.18. The van der Waals surface area contributed by atoms with Crippen LogP contribution in [0.3, 0.4) is 0 Å². The zero-order valence-electron chi connectivity index (χ0n) is 11.7. The van der Waals surface area contributed by atoms with Gasteiger partial charge in [0, 0.05) is 18.5 Å². The summed E-state index contributed by atoms with van der Waals surface area (Å²) in [6.07, 6.45) is 1.13. The molecule has 98 valence electrons. The Labute approximate surface area is 115 Å². The molecule has 0 spiro atoms. The van der Waals surface area contributed by atoms with E-state index in [4.69, 9.17) is 0 Å². The molecular formula is C18H21N. The second-order valence-electron chi connectivity index (χ2n) is 5.92. The van der Waals surface area contributed by atoms with Crippen LogP contribution in [-0.2, 0) is 11.8 Å². The second kappa shape index (κ2) is 4.82. The summed E-state index contributed by atoms with van der Waals surface area (Å²) >= 11 is 0. The molecule has 0 aliphatic carbocycles. The minimum atomic E-state index is 0.293. The predicted molar refractivity (Wildman–Crippen MR) is 80.6 cm³/mol. The van der Waals surface area contributed by atoms with Crippen LogP contribution in [0.1, 0.15) is 22.3 Å². The van der Waals surface area contributed by atoms with Gasteiger partial charge in [0.15, 0.2) is 0 Å². The van der Waals surface area contributed by atoms with Crippen molar-refractivity contribution in [1.82, 2.24) is 5.32 Å². The third-order valence-corrected chi connectivity index (χ3v) is 4.22. The van der Waals surface area contributed by atoms with Gasteiger partial charge in [0.2, 0.25) is 0 Å². The van der Waals surface area contributed by atoms with Crippen molar-refractivity contribution in [3.63, 3.8) is 0 Å². The molecule has 2 aromatic carbocycles. The van der Waals surface area contributed by atoms with Gasteiger partial charge in [0.25, 0.3) is 0 Å². The fraction of sp³-hybridized carbons (Fsp3) is 0.333. The smallest absolute Gasteiger partial charge is 0.0242 e. The summed E-state index contributed by atoms with van der Waals surface area (Å²) in [7, 11) is 0. The monoisotopic (exact) mass is 251 g/mol. The molecule has 1 saturated heterocycles. The molecule has 0 radical (unpaired) electrons. The van der Waals surface area contributed by atoms with E-state index < -0.39 is 0 Å². The fourth-order valence-electron chi connectivity index (χ4n) is 2.98.